The Bertz CT molecular complexity index is 964. The quantitative estimate of drug-likeness (QED) is 0.259. The van der Waals surface area contributed by atoms with Crippen molar-refractivity contribution in [1.29, 1.82) is 0 Å². The van der Waals surface area contributed by atoms with Crippen LogP contribution in [0.15, 0.2) is 41.3 Å². The second kappa shape index (κ2) is 10.0. The molecular formula is C20H16Cl3NO3S2. The summed E-state index contributed by atoms with van der Waals surface area (Å²) in [4.78, 5) is 14.2. The molecule has 4 nitrogen and oxygen atoms in total. The largest absolute Gasteiger partial charge is 0.493 e. The van der Waals surface area contributed by atoms with Crippen LogP contribution >= 0.6 is 58.8 Å². The molecule has 3 rings (SSSR count). The molecule has 0 aliphatic carbocycles. The first-order chi connectivity index (χ1) is 13.8. The van der Waals surface area contributed by atoms with E-state index in [-0.39, 0.29) is 5.91 Å². The maximum atomic E-state index is 12.3. The molecule has 1 saturated heterocycles. The van der Waals surface area contributed by atoms with Crippen molar-refractivity contribution in [1.82, 2.24) is 4.90 Å². The lowest BCUT2D eigenvalue weighted by Gasteiger charge is -2.13. The van der Waals surface area contributed by atoms with E-state index in [9.17, 15) is 4.79 Å². The van der Waals surface area contributed by atoms with Crippen molar-refractivity contribution < 1.29 is 14.3 Å². The number of ether oxygens (including phenoxy) is 2. The Balaban J connectivity index is 1.65. The molecule has 2 aromatic rings. The van der Waals surface area contributed by atoms with Crippen LogP contribution in [0.5, 0.6) is 11.5 Å². The van der Waals surface area contributed by atoms with Crippen LogP contribution < -0.4 is 9.47 Å². The van der Waals surface area contributed by atoms with Crippen LogP contribution in [0.4, 0.5) is 0 Å². The van der Waals surface area contributed by atoms with Crippen LogP contribution in [0.2, 0.25) is 15.1 Å². The predicted octanol–water partition coefficient (Wildman–Crippen LogP) is 6.33. The number of halogens is 3. The number of hydrogen-bond donors (Lipinski definition) is 0. The van der Waals surface area contributed by atoms with Crippen LogP contribution in [0, 0.1) is 0 Å². The van der Waals surface area contributed by atoms with Crippen LogP contribution in [-0.4, -0.2) is 35.4 Å². The summed E-state index contributed by atoms with van der Waals surface area (Å²) in [6.45, 7) is 0.848. The molecule has 0 unspecified atom stereocenters. The smallest absolute Gasteiger partial charge is 0.265 e. The standard InChI is InChI=1S/C20H16Cl3NO3S2/c1-24-19(25)17(29-20(24)28)10-12-9-14(22)11-16(23)18(12)27-8-2-7-26-15-5-3-13(21)4-6-15/h3-6,9-11H,2,7-8H2,1H3/b17-10+. The summed E-state index contributed by atoms with van der Waals surface area (Å²) in [5.74, 6) is 1.03. The van der Waals surface area contributed by atoms with E-state index in [2.05, 4.69) is 0 Å². The number of hydrogen-bond acceptors (Lipinski definition) is 5. The first-order valence-electron chi connectivity index (χ1n) is 8.57. The number of nitrogens with zero attached hydrogens (tertiary/aromatic N) is 1. The van der Waals surface area contributed by atoms with Gasteiger partial charge in [0.15, 0.2) is 0 Å². The molecule has 2 aromatic carbocycles. The lowest BCUT2D eigenvalue weighted by molar-refractivity contribution is -0.121. The number of amides is 1. The second-order valence-electron chi connectivity index (χ2n) is 6.05. The molecule has 9 heteroatoms. The molecule has 1 fully saturated rings. The van der Waals surface area contributed by atoms with E-state index in [1.165, 1.54) is 16.7 Å². The third kappa shape index (κ3) is 5.80. The average molecular weight is 489 g/mol. The van der Waals surface area contributed by atoms with Crippen molar-refractivity contribution in [3.8, 4) is 11.5 Å². The lowest BCUT2D eigenvalue weighted by atomic mass is 10.1. The lowest BCUT2D eigenvalue weighted by Crippen LogP contribution is -2.22. The molecule has 1 aliphatic heterocycles. The van der Waals surface area contributed by atoms with Gasteiger partial charge in [-0.05, 0) is 42.5 Å². The Morgan fingerprint density at radius 2 is 1.76 bits per heavy atom. The highest BCUT2D eigenvalue weighted by Gasteiger charge is 2.29. The molecule has 1 amide bonds. The summed E-state index contributed by atoms with van der Waals surface area (Å²) < 4.78 is 12.0. The maximum absolute atomic E-state index is 12.3. The number of carbonyl (C=O) groups excluding carboxylic acids is 1. The highest BCUT2D eigenvalue weighted by atomic mass is 35.5. The van der Waals surface area contributed by atoms with Crippen molar-refractivity contribution >= 4 is 75.1 Å². The first-order valence-corrected chi connectivity index (χ1v) is 10.9. The number of rotatable bonds is 7. The third-order valence-electron chi connectivity index (χ3n) is 3.93. The molecule has 0 spiro atoms. The van der Waals surface area contributed by atoms with Gasteiger partial charge >= 0.3 is 0 Å². The van der Waals surface area contributed by atoms with E-state index in [0.29, 0.717) is 55.2 Å². The second-order valence-corrected chi connectivity index (χ2v) is 9.01. The summed E-state index contributed by atoms with van der Waals surface area (Å²) in [6.07, 6.45) is 2.33. The highest BCUT2D eigenvalue weighted by molar-refractivity contribution is 8.26. The van der Waals surface area contributed by atoms with Crippen LogP contribution in [0.25, 0.3) is 6.08 Å². The van der Waals surface area contributed by atoms with E-state index >= 15 is 0 Å². The minimum absolute atomic E-state index is 0.168. The van der Waals surface area contributed by atoms with Gasteiger partial charge < -0.3 is 9.47 Å². The highest BCUT2D eigenvalue weighted by Crippen LogP contribution is 2.37. The minimum Gasteiger partial charge on any atom is -0.493 e. The molecule has 1 aliphatic rings. The number of benzene rings is 2. The van der Waals surface area contributed by atoms with Crippen LogP contribution in [0.3, 0.4) is 0 Å². The van der Waals surface area contributed by atoms with Gasteiger partial charge in [0.05, 0.1) is 23.1 Å². The fourth-order valence-corrected chi connectivity index (χ4v) is 4.34. The summed E-state index contributed by atoms with van der Waals surface area (Å²) in [5.41, 5.74) is 0.620. The minimum atomic E-state index is -0.168. The monoisotopic (exact) mass is 487 g/mol. The Kier molecular flexibility index (Phi) is 7.71. The molecule has 0 N–H and O–H groups in total. The van der Waals surface area contributed by atoms with Crippen molar-refractivity contribution in [2.45, 2.75) is 6.42 Å². The van der Waals surface area contributed by atoms with E-state index in [1.54, 1.807) is 49.5 Å². The Labute approximate surface area is 193 Å². The van der Waals surface area contributed by atoms with Gasteiger partial charge in [0.1, 0.15) is 15.8 Å². The molecule has 0 atom stereocenters. The molecule has 29 heavy (non-hydrogen) atoms. The predicted molar refractivity (Wildman–Crippen MR) is 124 cm³/mol. The molecular weight excluding hydrogens is 473 g/mol. The normalized spacial score (nSPS) is 15.3. The van der Waals surface area contributed by atoms with Crippen molar-refractivity contribution in [3.63, 3.8) is 0 Å². The Morgan fingerprint density at radius 1 is 1.07 bits per heavy atom. The summed E-state index contributed by atoms with van der Waals surface area (Å²) >= 11 is 24.7. The number of likely N-dealkylation sites (N-methyl/N-ethyl adjacent to an activating group) is 1. The van der Waals surface area contributed by atoms with Crippen molar-refractivity contribution in [3.05, 3.63) is 61.9 Å². The van der Waals surface area contributed by atoms with E-state index in [1.807, 2.05) is 0 Å². The van der Waals surface area contributed by atoms with Crippen molar-refractivity contribution in [2.75, 3.05) is 20.3 Å². The molecule has 0 saturated carbocycles. The first kappa shape index (κ1) is 22.2. The van der Waals surface area contributed by atoms with Gasteiger partial charge in [0.2, 0.25) is 0 Å². The fraction of sp³-hybridized carbons (Fsp3) is 0.200. The molecule has 0 bridgehead atoms. The van der Waals surface area contributed by atoms with E-state index in [4.69, 9.17) is 56.5 Å². The van der Waals surface area contributed by atoms with Gasteiger partial charge in [-0.2, -0.15) is 0 Å². The topological polar surface area (TPSA) is 38.8 Å². The third-order valence-corrected chi connectivity index (χ3v) is 6.16. The van der Waals surface area contributed by atoms with E-state index < -0.39 is 0 Å². The average Bonchev–Trinajstić information content (AvgIpc) is 2.91. The molecule has 0 radical (unpaired) electrons. The number of thiocarbonyl (C=S) groups is 1. The molecule has 1 heterocycles. The number of carbonyl (C=O) groups is 1. The van der Waals surface area contributed by atoms with Crippen molar-refractivity contribution in [2.24, 2.45) is 0 Å². The number of thioether (sulfide) groups is 1. The Morgan fingerprint density at radius 3 is 2.41 bits per heavy atom. The summed E-state index contributed by atoms with van der Waals surface area (Å²) in [6, 6.07) is 10.5. The van der Waals surface area contributed by atoms with E-state index in [0.717, 1.165) is 5.75 Å². The van der Waals surface area contributed by atoms with Crippen LogP contribution in [-0.2, 0) is 4.79 Å². The van der Waals surface area contributed by atoms with Gasteiger partial charge in [-0.1, -0.05) is 58.8 Å². The van der Waals surface area contributed by atoms with Gasteiger partial charge in [-0.25, -0.2) is 0 Å². The molecule has 152 valence electrons. The van der Waals surface area contributed by atoms with Gasteiger partial charge in [-0.3, -0.25) is 9.69 Å². The Hall–Kier alpha value is -1.44. The van der Waals surface area contributed by atoms with Gasteiger partial charge in [-0.15, -0.1) is 0 Å². The maximum Gasteiger partial charge on any atom is 0.265 e. The van der Waals surface area contributed by atoms with Crippen LogP contribution in [0.1, 0.15) is 12.0 Å². The molecule has 0 aromatic heterocycles. The fourth-order valence-electron chi connectivity index (χ4n) is 2.48. The SMILES string of the molecule is CN1C(=O)/C(=C\c2cc(Cl)cc(Cl)c2OCCCOc2ccc(Cl)cc2)SC1=S. The van der Waals surface area contributed by atoms with Gasteiger partial charge in [0.25, 0.3) is 5.91 Å². The zero-order valence-electron chi connectivity index (χ0n) is 15.3. The summed E-state index contributed by atoms with van der Waals surface area (Å²) in [5, 5.41) is 1.48. The summed E-state index contributed by atoms with van der Waals surface area (Å²) in [7, 11) is 1.64. The zero-order valence-corrected chi connectivity index (χ0v) is 19.2. The van der Waals surface area contributed by atoms with Gasteiger partial charge in [0, 0.05) is 29.1 Å². The zero-order chi connectivity index (χ0) is 21.0.